The highest BCUT2D eigenvalue weighted by atomic mass is 16.1. The van der Waals surface area contributed by atoms with E-state index in [1.54, 1.807) is 10.5 Å². The Morgan fingerprint density at radius 3 is 2.39 bits per heavy atom. The minimum Gasteiger partial charge on any atom is -0.327 e. The lowest BCUT2D eigenvalue weighted by Gasteiger charge is -2.00. The number of aromatic nitrogens is 3. The average molecular weight is 301 g/mol. The predicted molar refractivity (Wildman–Crippen MR) is 90.5 cm³/mol. The second-order valence-corrected chi connectivity index (χ2v) is 5.48. The molecule has 2 aromatic heterocycles. The molecule has 0 fully saturated rings. The van der Waals surface area contributed by atoms with Gasteiger partial charge >= 0.3 is 0 Å². The largest absolute Gasteiger partial charge is 0.327 e. The third-order valence-corrected chi connectivity index (χ3v) is 3.82. The molecule has 4 heteroatoms. The van der Waals surface area contributed by atoms with Gasteiger partial charge in [0.25, 0.3) is 5.56 Å². The Bertz CT molecular complexity index is 1000. The lowest BCUT2D eigenvalue weighted by molar-refractivity contribution is 1.06. The number of H-pyrrole nitrogens is 1. The molecule has 2 heterocycles. The van der Waals surface area contributed by atoms with Gasteiger partial charge in [0.15, 0.2) is 0 Å². The molecule has 23 heavy (non-hydrogen) atoms. The second kappa shape index (κ2) is 5.57. The van der Waals surface area contributed by atoms with Crippen molar-refractivity contribution in [3.05, 3.63) is 94.5 Å². The van der Waals surface area contributed by atoms with Crippen LogP contribution in [0.2, 0.25) is 0 Å². The van der Waals surface area contributed by atoms with Gasteiger partial charge in [-0.2, -0.15) is 0 Å². The Balaban J connectivity index is 1.77. The molecular formula is C19H15N3O. The van der Waals surface area contributed by atoms with Crippen molar-refractivity contribution in [1.29, 1.82) is 0 Å². The van der Waals surface area contributed by atoms with E-state index >= 15 is 0 Å². The molecule has 0 saturated carbocycles. The number of aromatic amines is 1. The van der Waals surface area contributed by atoms with Gasteiger partial charge in [-0.15, -0.1) is 0 Å². The summed E-state index contributed by atoms with van der Waals surface area (Å²) in [6.07, 6.45) is 2.57. The Labute approximate surface area is 133 Å². The molecule has 1 N–H and O–H groups in total. The Morgan fingerprint density at radius 1 is 0.957 bits per heavy atom. The highest BCUT2D eigenvalue weighted by Gasteiger charge is 2.08. The molecular weight excluding hydrogens is 286 g/mol. The average Bonchev–Trinajstić information content (AvgIpc) is 2.99. The number of benzene rings is 2. The monoisotopic (exact) mass is 301 g/mol. The van der Waals surface area contributed by atoms with Crippen molar-refractivity contribution in [3.8, 4) is 11.3 Å². The van der Waals surface area contributed by atoms with Gasteiger partial charge in [-0.25, -0.2) is 4.98 Å². The molecule has 0 saturated heterocycles. The molecule has 0 aliphatic heterocycles. The molecule has 112 valence electrons. The summed E-state index contributed by atoms with van der Waals surface area (Å²) < 4.78 is 1.56. The topological polar surface area (TPSA) is 50.2 Å². The summed E-state index contributed by atoms with van der Waals surface area (Å²) in [7, 11) is 0. The van der Waals surface area contributed by atoms with E-state index in [0.717, 1.165) is 17.7 Å². The molecule has 0 bridgehead atoms. The van der Waals surface area contributed by atoms with Crippen LogP contribution in [0.5, 0.6) is 0 Å². The van der Waals surface area contributed by atoms with Gasteiger partial charge in [-0.05, 0) is 5.56 Å². The molecule has 0 atom stereocenters. The van der Waals surface area contributed by atoms with Crippen LogP contribution in [0.3, 0.4) is 0 Å². The van der Waals surface area contributed by atoms with Crippen LogP contribution in [-0.2, 0) is 6.42 Å². The number of nitrogens with one attached hydrogen (secondary N) is 1. The Morgan fingerprint density at radius 2 is 1.65 bits per heavy atom. The zero-order valence-electron chi connectivity index (χ0n) is 12.4. The maximum absolute atomic E-state index is 12.3. The van der Waals surface area contributed by atoms with Crippen molar-refractivity contribution in [2.24, 2.45) is 0 Å². The Hall–Kier alpha value is -3.14. The standard InChI is InChI=1S/C19H15N3O/c23-18-12-17(15-9-5-2-6-10-15)21-19-20-16(13-22(18)19)11-14-7-3-1-4-8-14/h1-10,12-13H,11H2,(H,20,21). The summed E-state index contributed by atoms with van der Waals surface area (Å²) in [5, 5.41) is 0. The molecule has 2 aromatic carbocycles. The van der Waals surface area contributed by atoms with Gasteiger partial charge in [0.05, 0.1) is 5.69 Å². The third-order valence-electron chi connectivity index (χ3n) is 3.82. The zero-order chi connectivity index (χ0) is 15.6. The molecule has 4 aromatic rings. The highest BCUT2D eigenvalue weighted by molar-refractivity contribution is 5.60. The lowest BCUT2D eigenvalue weighted by Crippen LogP contribution is -2.12. The summed E-state index contributed by atoms with van der Waals surface area (Å²) in [5.74, 6) is 0.572. The predicted octanol–water partition coefficient (Wildman–Crippen LogP) is 3.28. The molecule has 0 amide bonds. The van der Waals surface area contributed by atoms with Crippen LogP contribution < -0.4 is 5.56 Å². The van der Waals surface area contributed by atoms with E-state index in [1.807, 2.05) is 54.7 Å². The van der Waals surface area contributed by atoms with Crippen molar-refractivity contribution in [2.45, 2.75) is 6.42 Å². The quantitative estimate of drug-likeness (QED) is 0.631. The molecule has 4 rings (SSSR count). The lowest BCUT2D eigenvalue weighted by atomic mass is 10.1. The molecule has 0 aliphatic rings. The highest BCUT2D eigenvalue weighted by Crippen LogP contribution is 2.16. The van der Waals surface area contributed by atoms with Crippen LogP contribution in [0, 0.1) is 0 Å². The van der Waals surface area contributed by atoms with E-state index < -0.39 is 0 Å². The third kappa shape index (κ3) is 2.66. The first-order valence-electron chi connectivity index (χ1n) is 7.50. The van der Waals surface area contributed by atoms with Crippen LogP contribution in [0.1, 0.15) is 11.3 Å². The van der Waals surface area contributed by atoms with Crippen molar-refractivity contribution in [3.63, 3.8) is 0 Å². The van der Waals surface area contributed by atoms with Crippen molar-refractivity contribution < 1.29 is 0 Å². The van der Waals surface area contributed by atoms with E-state index in [-0.39, 0.29) is 5.56 Å². The maximum Gasteiger partial charge on any atom is 0.259 e. The van der Waals surface area contributed by atoms with Crippen molar-refractivity contribution >= 4 is 5.78 Å². The van der Waals surface area contributed by atoms with E-state index in [2.05, 4.69) is 22.1 Å². The number of fused-ring (bicyclic) bond motifs is 1. The van der Waals surface area contributed by atoms with Gasteiger partial charge in [0, 0.05) is 29.9 Å². The van der Waals surface area contributed by atoms with Gasteiger partial charge in [0.2, 0.25) is 5.78 Å². The number of hydrogen-bond acceptors (Lipinski definition) is 2. The minimum absolute atomic E-state index is 0.0792. The SMILES string of the molecule is O=c1cc(-c2ccccc2)nc2[nH]c(Cc3ccccc3)cn12. The molecule has 0 unspecified atom stereocenters. The summed E-state index contributed by atoms with van der Waals surface area (Å²) in [5.41, 5.74) is 3.70. The molecule has 0 radical (unpaired) electrons. The van der Waals surface area contributed by atoms with E-state index in [0.29, 0.717) is 11.5 Å². The summed E-state index contributed by atoms with van der Waals surface area (Å²) in [6.45, 7) is 0. The first-order valence-corrected chi connectivity index (χ1v) is 7.50. The minimum atomic E-state index is -0.0792. The number of hydrogen-bond donors (Lipinski definition) is 1. The van der Waals surface area contributed by atoms with Crippen LogP contribution in [0.4, 0.5) is 0 Å². The van der Waals surface area contributed by atoms with Gasteiger partial charge in [0.1, 0.15) is 0 Å². The normalized spacial score (nSPS) is 11.0. The summed E-state index contributed by atoms with van der Waals surface area (Å²) in [4.78, 5) is 20.2. The van der Waals surface area contributed by atoms with Crippen molar-refractivity contribution in [2.75, 3.05) is 0 Å². The summed E-state index contributed by atoms with van der Waals surface area (Å²) >= 11 is 0. The fraction of sp³-hybridized carbons (Fsp3) is 0.0526. The van der Waals surface area contributed by atoms with E-state index in [9.17, 15) is 4.79 Å². The van der Waals surface area contributed by atoms with Gasteiger partial charge < -0.3 is 4.98 Å². The maximum atomic E-state index is 12.3. The van der Waals surface area contributed by atoms with Crippen LogP contribution >= 0.6 is 0 Å². The second-order valence-electron chi connectivity index (χ2n) is 5.48. The number of nitrogens with zero attached hydrogens (tertiary/aromatic N) is 2. The van der Waals surface area contributed by atoms with E-state index in [1.165, 1.54) is 5.56 Å². The number of rotatable bonds is 3. The van der Waals surface area contributed by atoms with Gasteiger partial charge in [-0.1, -0.05) is 60.7 Å². The fourth-order valence-electron chi connectivity index (χ4n) is 2.70. The van der Waals surface area contributed by atoms with Crippen molar-refractivity contribution in [1.82, 2.24) is 14.4 Å². The molecule has 0 aliphatic carbocycles. The molecule has 4 nitrogen and oxygen atoms in total. The van der Waals surface area contributed by atoms with Crippen LogP contribution in [0.15, 0.2) is 77.7 Å². The first kappa shape index (κ1) is 13.5. The summed E-state index contributed by atoms with van der Waals surface area (Å²) in [6, 6.07) is 21.4. The molecule has 0 spiro atoms. The van der Waals surface area contributed by atoms with Crippen LogP contribution in [0.25, 0.3) is 17.0 Å². The Kier molecular flexibility index (Phi) is 3.27. The van der Waals surface area contributed by atoms with Gasteiger partial charge in [-0.3, -0.25) is 9.20 Å². The first-order chi connectivity index (χ1) is 11.3. The zero-order valence-corrected chi connectivity index (χ0v) is 12.4. The van der Waals surface area contributed by atoms with Crippen LogP contribution in [-0.4, -0.2) is 14.4 Å². The van der Waals surface area contributed by atoms with E-state index in [4.69, 9.17) is 0 Å². The number of imidazole rings is 1. The fourth-order valence-corrected chi connectivity index (χ4v) is 2.70. The smallest absolute Gasteiger partial charge is 0.259 e.